The largest absolute Gasteiger partial charge is 1.00 e. The molecule has 5 rings (SSSR count). The summed E-state index contributed by atoms with van der Waals surface area (Å²) >= 11 is 0. The Kier molecular flexibility index (Phi) is 7.97. The molecule has 4 aliphatic carbocycles. The Hall–Kier alpha value is -1.73. The van der Waals surface area contributed by atoms with Gasteiger partial charge in [-0.1, -0.05) is 24.6 Å². The summed E-state index contributed by atoms with van der Waals surface area (Å²) in [5.41, 5.74) is -6.14. The number of ketones is 2. The number of alkyl halides is 1. The van der Waals surface area contributed by atoms with E-state index >= 15 is 4.39 Å². The van der Waals surface area contributed by atoms with Gasteiger partial charge in [-0.2, -0.15) is 0 Å². The summed E-state index contributed by atoms with van der Waals surface area (Å²) in [6, 6.07) is 4.28. The molecule has 3 saturated carbocycles. The molecule has 9 nitrogen and oxygen atoms in total. The van der Waals surface area contributed by atoms with Crippen molar-refractivity contribution in [1.29, 1.82) is 0 Å². The van der Waals surface area contributed by atoms with Crippen molar-refractivity contribution in [3.63, 3.8) is 0 Å². The van der Waals surface area contributed by atoms with Crippen LogP contribution in [0.1, 0.15) is 56.3 Å². The number of benzene rings is 1. The molecule has 40 heavy (non-hydrogen) atoms. The van der Waals surface area contributed by atoms with E-state index in [1.54, 1.807) is 13.8 Å². The molecule has 210 valence electrons. The number of allylic oxidation sites excluding steroid dienone is 4. The van der Waals surface area contributed by atoms with Crippen LogP contribution in [0.15, 0.2) is 53.0 Å². The van der Waals surface area contributed by atoms with Crippen molar-refractivity contribution >= 4 is 27.7 Å². The van der Waals surface area contributed by atoms with E-state index in [0.717, 1.165) is 12.1 Å². The number of esters is 1. The fourth-order valence-corrected chi connectivity index (χ4v) is 8.30. The maximum absolute atomic E-state index is 17.1. The van der Waals surface area contributed by atoms with Crippen LogP contribution < -0.4 is 29.6 Å². The Bertz CT molecular complexity index is 1440. The molecule has 0 bridgehead atoms. The SMILES string of the molecule is CC12C=CC(=O)C=C1CCC1C3CCC(O)(C(=O)COC(=O)c4cccc(S(=O)(=O)[O-])c4)C3(C)CC(O)C12F.[Na+]. The van der Waals surface area contributed by atoms with E-state index in [9.17, 15) is 37.6 Å². The average Bonchev–Trinajstić information content (AvgIpc) is 3.14. The maximum Gasteiger partial charge on any atom is 1.00 e. The van der Waals surface area contributed by atoms with Gasteiger partial charge in [-0.05, 0) is 75.3 Å². The topological polar surface area (TPSA) is 158 Å². The Morgan fingerprint density at radius 2 is 1.90 bits per heavy atom. The molecule has 7 atom stereocenters. The minimum absolute atomic E-state index is 0. The predicted octanol–water partition coefficient (Wildman–Crippen LogP) is -0.577. The third kappa shape index (κ3) is 4.40. The maximum atomic E-state index is 17.1. The first-order valence-corrected chi connectivity index (χ1v) is 14.3. The first-order valence-electron chi connectivity index (χ1n) is 12.9. The number of hydrogen-bond acceptors (Lipinski definition) is 9. The van der Waals surface area contributed by atoms with Crippen molar-refractivity contribution in [2.45, 2.75) is 68.2 Å². The second-order valence-corrected chi connectivity index (χ2v) is 13.0. The van der Waals surface area contributed by atoms with Gasteiger partial charge in [-0.25, -0.2) is 17.6 Å². The zero-order chi connectivity index (χ0) is 28.6. The fourth-order valence-electron chi connectivity index (χ4n) is 7.79. The molecule has 1 aromatic rings. The van der Waals surface area contributed by atoms with E-state index < -0.39 is 73.4 Å². The summed E-state index contributed by atoms with van der Waals surface area (Å²) in [6.45, 7) is 2.51. The summed E-state index contributed by atoms with van der Waals surface area (Å²) in [7, 11) is -4.81. The minimum atomic E-state index is -4.81. The van der Waals surface area contributed by atoms with Gasteiger partial charge in [-0.15, -0.1) is 0 Å². The van der Waals surface area contributed by atoms with E-state index in [0.29, 0.717) is 24.8 Å². The Balaban J connectivity index is 0.00000370. The van der Waals surface area contributed by atoms with Gasteiger partial charge in [0.15, 0.2) is 18.1 Å². The summed E-state index contributed by atoms with van der Waals surface area (Å²) in [4.78, 5) is 37.2. The van der Waals surface area contributed by atoms with Gasteiger partial charge in [0.25, 0.3) is 0 Å². The smallest absolute Gasteiger partial charge is 0.744 e. The van der Waals surface area contributed by atoms with Crippen LogP contribution in [-0.4, -0.2) is 64.7 Å². The Morgan fingerprint density at radius 3 is 2.58 bits per heavy atom. The molecule has 0 aliphatic heterocycles. The van der Waals surface area contributed by atoms with Crippen molar-refractivity contribution in [1.82, 2.24) is 0 Å². The molecule has 12 heteroatoms. The van der Waals surface area contributed by atoms with Crippen LogP contribution in [0.2, 0.25) is 0 Å². The summed E-state index contributed by atoms with van der Waals surface area (Å²) in [5.74, 6) is -3.23. The van der Waals surface area contributed by atoms with Crippen molar-refractivity contribution in [3.05, 3.63) is 53.6 Å². The summed E-state index contributed by atoms with van der Waals surface area (Å²) in [6.07, 6.45) is 3.63. The number of halogens is 1. The molecule has 0 aromatic heterocycles. The van der Waals surface area contributed by atoms with Gasteiger partial charge < -0.3 is 19.5 Å². The minimum Gasteiger partial charge on any atom is -0.744 e. The van der Waals surface area contributed by atoms with E-state index in [1.165, 1.54) is 30.4 Å². The number of carbonyl (C=O) groups is 3. The Morgan fingerprint density at radius 1 is 1.20 bits per heavy atom. The van der Waals surface area contributed by atoms with E-state index in [-0.39, 0.29) is 53.7 Å². The molecule has 7 unspecified atom stereocenters. The monoisotopic (exact) mass is 584 g/mol. The summed E-state index contributed by atoms with van der Waals surface area (Å²) in [5, 5.41) is 23.0. The van der Waals surface area contributed by atoms with E-state index in [1.807, 2.05) is 0 Å². The molecule has 0 radical (unpaired) electrons. The van der Waals surface area contributed by atoms with E-state index in [2.05, 4.69) is 0 Å². The van der Waals surface area contributed by atoms with Crippen molar-refractivity contribution < 1.29 is 76.3 Å². The number of aliphatic hydroxyl groups excluding tert-OH is 1. The molecule has 1 aromatic carbocycles. The number of aliphatic hydroxyl groups is 2. The van der Waals surface area contributed by atoms with Gasteiger partial charge in [-0.3, -0.25) is 9.59 Å². The fraction of sp³-hybridized carbons (Fsp3) is 0.536. The van der Waals surface area contributed by atoms with Gasteiger partial charge in [0.1, 0.15) is 15.7 Å². The van der Waals surface area contributed by atoms with Gasteiger partial charge >= 0.3 is 35.5 Å². The van der Waals surface area contributed by atoms with Crippen molar-refractivity contribution in [2.75, 3.05) is 6.61 Å². The van der Waals surface area contributed by atoms with Crippen LogP contribution in [0, 0.1) is 22.7 Å². The summed E-state index contributed by atoms with van der Waals surface area (Å²) < 4.78 is 56.0. The molecule has 0 saturated heterocycles. The third-order valence-corrected chi connectivity index (χ3v) is 10.8. The normalized spacial score (nSPS) is 38.3. The molecular formula is C28H30FNaO9S. The van der Waals surface area contributed by atoms with E-state index in [4.69, 9.17) is 4.74 Å². The van der Waals surface area contributed by atoms with Crippen LogP contribution in [0.5, 0.6) is 0 Å². The number of rotatable bonds is 5. The molecule has 4 aliphatic rings. The van der Waals surface area contributed by atoms with Crippen LogP contribution in [0.3, 0.4) is 0 Å². The van der Waals surface area contributed by atoms with Crippen molar-refractivity contribution in [3.8, 4) is 0 Å². The number of hydrogen-bond donors (Lipinski definition) is 2. The first-order chi connectivity index (χ1) is 18.1. The van der Waals surface area contributed by atoms with Gasteiger partial charge in [0.05, 0.1) is 16.6 Å². The molecule has 0 spiro atoms. The third-order valence-electron chi connectivity index (χ3n) is 9.95. The number of ether oxygens (including phenoxy) is 1. The second-order valence-electron chi connectivity index (χ2n) is 11.6. The van der Waals surface area contributed by atoms with Crippen LogP contribution in [0.25, 0.3) is 0 Å². The quantitative estimate of drug-likeness (QED) is 0.263. The van der Waals surface area contributed by atoms with Crippen molar-refractivity contribution in [2.24, 2.45) is 22.7 Å². The molecular weight excluding hydrogens is 554 g/mol. The molecule has 2 N–H and O–H groups in total. The number of carbonyl (C=O) groups excluding carboxylic acids is 3. The molecule has 0 heterocycles. The molecule has 3 fully saturated rings. The average molecular weight is 585 g/mol. The number of Topliss-reactive ketones (excluding diaryl/α,β-unsaturated/α-hetero) is 1. The predicted molar refractivity (Wildman–Crippen MR) is 133 cm³/mol. The van der Waals surface area contributed by atoms with Crippen LogP contribution in [0.4, 0.5) is 4.39 Å². The standard InChI is InChI=1S/C28H31FO9S.Na/c1-25-10-8-18(30)13-17(25)6-7-21-20-9-11-27(34,26(20,2)14-22(31)28(21,25)29)23(32)15-38-24(33)16-4-3-5-19(12-16)39(35,36)37;/h3-5,8,10,12-13,20-22,31,34H,6-7,9,11,14-15H2,1-2H3,(H,35,36,37);/q;+1/p-1. The zero-order valence-corrected chi connectivity index (χ0v) is 25.4. The zero-order valence-electron chi connectivity index (χ0n) is 22.6. The first kappa shape index (κ1) is 31.2. The molecule has 0 amide bonds. The number of fused-ring (bicyclic) bond motifs is 5. The van der Waals surface area contributed by atoms with Gasteiger partial charge in [0.2, 0.25) is 5.78 Å². The Labute approximate surface area is 253 Å². The van der Waals surface area contributed by atoms with Crippen LogP contribution in [-0.2, 0) is 24.4 Å². The van der Waals surface area contributed by atoms with Crippen LogP contribution >= 0.6 is 0 Å². The van der Waals surface area contributed by atoms with Gasteiger partial charge in [0, 0.05) is 16.7 Å². The second kappa shape index (κ2) is 10.2.